The van der Waals surface area contributed by atoms with Gasteiger partial charge in [-0.3, -0.25) is 9.89 Å². The molecule has 168 valence electrons. The van der Waals surface area contributed by atoms with Gasteiger partial charge in [-0.25, -0.2) is 0 Å². The minimum Gasteiger partial charge on any atom is -0.493 e. The molecule has 1 aromatic heterocycles. The lowest BCUT2D eigenvalue weighted by Crippen LogP contribution is -2.37. The average Bonchev–Trinajstić information content (AvgIpc) is 3.48. The lowest BCUT2D eigenvalue weighted by Gasteiger charge is -2.17. The number of methoxy groups -OCH3 is 3. The van der Waals surface area contributed by atoms with Crippen molar-refractivity contribution in [2.75, 3.05) is 39.3 Å². The maximum absolute atomic E-state index is 12.9. The number of H-pyrrole nitrogens is 1. The van der Waals surface area contributed by atoms with E-state index in [0.29, 0.717) is 34.4 Å². The van der Waals surface area contributed by atoms with Crippen molar-refractivity contribution in [3.05, 3.63) is 53.1 Å². The smallest absolute Gasteiger partial charge is 0.251 e. The van der Waals surface area contributed by atoms with E-state index < -0.39 is 0 Å². The number of benzene rings is 2. The molecule has 1 unspecified atom stereocenters. The highest BCUT2D eigenvalue weighted by molar-refractivity contribution is 6.30. The number of halogens is 1. The zero-order valence-corrected chi connectivity index (χ0v) is 18.9. The molecule has 0 spiro atoms. The summed E-state index contributed by atoms with van der Waals surface area (Å²) in [5, 5.41) is 11.3. The van der Waals surface area contributed by atoms with Crippen molar-refractivity contribution < 1.29 is 19.0 Å². The fourth-order valence-electron chi connectivity index (χ4n) is 3.82. The largest absolute Gasteiger partial charge is 0.493 e. The van der Waals surface area contributed by atoms with Gasteiger partial charge in [0.05, 0.1) is 27.0 Å². The topological polar surface area (TPSA) is 88.7 Å². The number of nitrogens with zero attached hydrogens (tertiary/aromatic N) is 2. The highest BCUT2D eigenvalue weighted by Gasteiger charge is 2.27. The highest BCUT2D eigenvalue weighted by atomic mass is 35.5. The number of carbonyl (C=O) groups is 1. The maximum atomic E-state index is 12.9. The molecular weight excluding hydrogens is 432 g/mol. The highest BCUT2D eigenvalue weighted by Crippen LogP contribution is 2.38. The minimum absolute atomic E-state index is 0.00252. The SMILES string of the molecule is COc1cc(C(=O)NC2CCN(c3cc(-c4ccc(Cl)cc4)[nH]n3)C2)cc(OC)c1OC. The molecule has 1 atom stereocenters. The Morgan fingerprint density at radius 3 is 2.41 bits per heavy atom. The van der Waals surface area contributed by atoms with Crippen molar-refractivity contribution >= 4 is 23.3 Å². The molecule has 1 aliphatic heterocycles. The van der Waals surface area contributed by atoms with E-state index in [0.717, 1.165) is 30.0 Å². The van der Waals surface area contributed by atoms with E-state index in [1.165, 1.54) is 21.3 Å². The predicted octanol–water partition coefficient (Wildman–Crippen LogP) is 3.76. The summed E-state index contributed by atoms with van der Waals surface area (Å²) in [7, 11) is 4.58. The van der Waals surface area contributed by atoms with Crippen LogP contribution in [0.2, 0.25) is 5.02 Å². The fraction of sp³-hybridized carbons (Fsp3) is 0.304. The Kier molecular flexibility index (Phi) is 6.41. The van der Waals surface area contributed by atoms with E-state index in [-0.39, 0.29) is 11.9 Å². The van der Waals surface area contributed by atoms with Gasteiger partial charge in [-0.2, -0.15) is 5.10 Å². The quantitative estimate of drug-likeness (QED) is 0.562. The summed E-state index contributed by atoms with van der Waals surface area (Å²) in [6.07, 6.45) is 0.819. The maximum Gasteiger partial charge on any atom is 0.251 e. The van der Waals surface area contributed by atoms with Crippen LogP contribution in [0.1, 0.15) is 16.8 Å². The van der Waals surface area contributed by atoms with Gasteiger partial charge in [-0.05, 0) is 36.2 Å². The average molecular weight is 457 g/mol. The van der Waals surface area contributed by atoms with Crippen LogP contribution in [0.25, 0.3) is 11.3 Å². The number of hydrogen-bond donors (Lipinski definition) is 2. The summed E-state index contributed by atoms with van der Waals surface area (Å²) in [6, 6.07) is 12.9. The second kappa shape index (κ2) is 9.40. The van der Waals surface area contributed by atoms with Gasteiger partial charge in [0.2, 0.25) is 5.75 Å². The van der Waals surface area contributed by atoms with Gasteiger partial charge < -0.3 is 24.4 Å². The zero-order chi connectivity index (χ0) is 22.7. The fourth-order valence-corrected chi connectivity index (χ4v) is 3.94. The molecule has 1 fully saturated rings. The number of anilines is 1. The van der Waals surface area contributed by atoms with Crippen molar-refractivity contribution in [1.29, 1.82) is 0 Å². The molecule has 0 radical (unpaired) electrons. The lowest BCUT2D eigenvalue weighted by molar-refractivity contribution is 0.0939. The summed E-state index contributed by atoms with van der Waals surface area (Å²) in [4.78, 5) is 15.0. The number of carbonyl (C=O) groups excluding carboxylic acids is 1. The first-order chi connectivity index (χ1) is 15.5. The van der Waals surface area contributed by atoms with Gasteiger partial charge in [0, 0.05) is 35.8 Å². The molecule has 2 heterocycles. The first-order valence-corrected chi connectivity index (χ1v) is 10.6. The molecule has 2 aromatic carbocycles. The normalized spacial score (nSPS) is 15.5. The van der Waals surface area contributed by atoms with E-state index in [2.05, 4.69) is 20.4 Å². The van der Waals surface area contributed by atoms with Crippen molar-refractivity contribution in [3.8, 4) is 28.5 Å². The monoisotopic (exact) mass is 456 g/mol. The molecule has 4 rings (SSSR count). The molecule has 1 amide bonds. The Balaban J connectivity index is 1.42. The van der Waals surface area contributed by atoms with Crippen LogP contribution in [0, 0.1) is 0 Å². The summed E-state index contributed by atoms with van der Waals surface area (Å²) >= 11 is 5.97. The van der Waals surface area contributed by atoms with Gasteiger partial charge in [0.25, 0.3) is 5.91 Å². The van der Waals surface area contributed by atoms with E-state index in [9.17, 15) is 4.79 Å². The zero-order valence-electron chi connectivity index (χ0n) is 18.1. The first kappa shape index (κ1) is 21.8. The van der Waals surface area contributed by atoms with Crippen LogP contribution in [-0.4, -0.2) is 56.6 Å². The molecule has 0 aliphatic carbocycles. The Bertz CT molecular complexity index is 1070. The molecule has 32 heavy (non-hydrogen) atoms. The van der Waals surface area contributed by atoms with E-state index in [1.807, 2.05) is 30.3 Å². The Hall–Kier alpha value is -3.39. The van der Waals surface area contributed by atoms with E-state index >= 15 is 0 Å². The summed E-state index contributed by atoms with van der Waals surface area (Å²) in [5.41, 5.74) is 2.38. The van der Waals surface area contributed by atoms with Crippen LogP contribution in [0.15, 0.2) is 42.5 Å². The molecule has 3 aromatic rings. The first-order valence-electron chi connectivity index (χ1n) is 10.2. The van der Waals surface area contributed by atoms with Gasteiger partial charge in [0.1, 0.15) is 0 Å². The summed E-state index contributed by atoms with van der Waals surface area (Å²) in [6.45, 7) is 1.46. The van der Waals surface area contributed by atoms with E-state index in [4.69, 9.17) is 25.8 Å². The Morgan fingerprint density at radius 2 is 1.78 bits per heavy atom. The molecule has 1 aliphatic rings. The number of hydrogen-bond acceptors (Lipinski definition) is 6. The van der Waals surface area contributed by atoms with Crippen molar-refractivity contribution in [2.24, 2.45) is 0 Å². The second-order valence-electron chi connectivity index (χ2n) is 7.47. The van der Waals surface area contributed by atoms with Gasteiger partial charge >= 0.3 is 0 Å². The molecule has 2 N–H and O–H groups in total. The van der Waals surface area contributed by atoms with Gasteiger partial charge in [-0.1, -0.05) is 23.7 Å². The van der Waals surface area contributed by atoms with Gasteiger partial charge in [0.15, 0.2) is 17.3 Å². The van der Waals surface area contributed by atoms with Crippen LogP contribution in [0.3, 0.4) is 0 Å². The molecular formula is C23H25ClN4O4. The standard InChI is InChI=1S/C23H25ClN4O4/c1-30-19-10-15(11-20(31-2)22(19)32-3)23(29)25-17-8-9-28(13-17)21-12-18(26-27-21)14-4-6-16(24)7-5-14/h4-7,10-12,17H,8-9,13H2,1-3H3,(H,25,29)(H,26,27). The molecule has 0 saturated carbocycles. The number of aromatic amines is 1. The van der Waals surface area contributed by atoms with Crippen LogP contribution < -0.4 is 24.4 Å². The Morgan fingerprint density at radius 1 is 1.09 bits per heavy atom. The third kappa shape index (κ3) is 4.45. The van der Waals surface area contributed by atoms with E-state index in [1.54, 1.807) is 12.1 Å². The number of rotatable bonds is 7. The van der Waals surface area contributed by atoms with Crippen LogP contribution in [0.4, 0.5) is 5.82 Å². The van der Waals surface area contributed by atoms with Crippen LogP contribution in [0.5, 0.6) is 17.2 Å². The van der Waals surface area contributed by atoms with Crippen molar-refractivity contribution in [1.82, 2.24) is 15.5 Å². The molecule has 1 saturated heterocycles. The molecule has 8 nitrogen and oxygen atoms in total. The second-order valence-corrected chi connectivity index (χ2v) is 7.90. The lowest BCUT2D eigenvalue weighted by atomic mass is 10.1. The molecule has 9 heteroatoms. The number of ether oxygens (including phenoxy) is 3. The van der Waals surface area contributed by atoms with Crippen molar-refractivity contribution in [3.63, 3.8) is 0 Å². The van der Waals surface area contributed by atoms with Crippen LogP contribution >= 0.6 is 11.6 Å². The third-order valence-electron chi connectivity index (χ3n) is 5.49. The van der Waals surface area contributed by atoms with Gasteiger partial charge in [-0.15, -0.1) is 0 Å². The number of aromatic nitrogens is 2. The minimum atomic E-state index is -0.194. The third-order valence-corrected chi connectivity index (χ3v) is 5.75. The predicted molar refractivity (Wildman–Crippen MR) is 123 cm³/mol. The molecule has 0 bridgehead atoms. The number of nitrogens with one attached hydrogen (secondary N) is 2. The number of amides is 1. The van der Waals surface area contributed by atoms with Crippen LogP contribution in [-0.2, 0) is 0 Å². The summed E-state index contributed by atoms with van der Waals surface area (Å²) < 4.78 is 16.0. The van der Waals surface area contributed by atoms with Crippen molar-refractivity contribution in [2.45, 2.75) is 12.5 Å². The summed E-state index contributed by atoms with van der Waals surface area (Å²) in [5.74, 6) is 1.99. The Labute approximate surface area is 191 Å².